The molecule has 0 aliphatic rings. The van der Waals surface area contributed by atoms with Gasteiger partial charge in [0.05, 0.1) is 7.11 Å². The van der Waals surface area contributed by atoms with Gasteiger partial charge in [-0.05, 0) is 25.5 Å². The molecule has 1 heterocycles. The van der Waals surface area contributed by atoms with Crippen LogP contribution < -0.4 is 15.2 Å². The van der Waals surface area contributed by atoms with Crippen molar-refractivity contribution < 1.29 is 9.47 Å². The molecule has 1 aromatic heterocycles. The monoisotopic (exact) mass is 259 g/mol. The number of methoxy groups -OCH3 is 1. The van der Waals surface area contributed by atoms with Gasteiger partial charge in [-0.1, -0.05) is 6.92 Å². The lowest BCUT2D eigenvalue weighted by Gasteiger charge is -2.11. The molecule has 1 aromatic carbocycles. The summed E-state index contributed by atoms with van der Waals surface area (Å²) in [7, 11) is 1.58. The van der Waals surface area contributed by atoms with Gasteiger partial charge in [0.2, 0.25) is 5.88 Å². The highest BCUT2D eigenvalue weighted by molar-refractivity contribution is 5.52. The fourth-order valence-electron chi connectivity index (χ4n) is 1.72. The summed E-state index contributed by atoms with van der Waals surface area (Å²) in [5.41, 5.74) is 7.30. The lowest BCUT2D eigenvalue weighted by atomic mass is 10.3. The van der Waals surface area contributed by atoms with Gasteiger partial charge in [0.15, 0.2) is 11.5 Å². The van der Waals surface area contributed by atoms with E-state index in [0.29, 0.717) is 28.9 Å². The van der Waals surface area contributed by atoms with Gasteiger partial charge < -0.3 is 15.2 Å². The van der Waals surface area contributed by atoms with Crippen LogP contribution in [0, 0.1) is 6.92 Å². The van der Waals surface area contributed by atoms with Crippen molar-refractivity contribution in [3.05, 3.63) is 35.8 Å². The standard InChI is InChI=1S/C14H17N3O2/c1-4-11-8-14(17-9(2)16-11)19-13-7-10(15)5-6-12(13)18-3/h5-8H,4,15H2,1-3H3. The van der Waals surface area contributed by atoms with Crippen molar-refractivity contribution >= 4 is 5.69 Å². The SMILES string of the molecule is CCc1cc(Oc2cc(N)ccc2OC)nc(C)n1. The Morgan fingerprint density at radius 3 is 2.63 bits per heavy atom. The zero-order valence-electron chi connectivity index (χ0n) is 11.3. The molecular weight excluding hydrogens is 242 g/mol. The highest BCUT2D eigenvalue weighted by Gasteiger charge is 2.08. The molecule has 0 aliphatic heterocycles. The van der Waals surface area contributed by atoms with E-state index in [1.807, 2.05) is 19.9 Å². The molecule has 19 heavy (non-hydrogen) atoms. The van der Waals surface area contributed by atoms with Crippen molar-refractivity contribution in [1.29, 1.82) is 0 Å². The molecule has 2 aromatic rings. The minimum atomic E-state index is 0.494. The summed E-state index contributed by atoms with van der Waals surface area (Å²) in [4.78, 5) is 8.56. The molecule has 0 aliphatic carbocycles. The van der Waals surface area contributed by atoms with E-state index in [1.165, 1.54) is 0 Å². The highest BCUT2D eigenvalue weighted by Crippen LogP contribution is 2.32. The molecule has 100 valence electrons. The first-order valence-corrected chi connectivity index (χ1v) is 6.08. The van der Waals surface area contributed by atoms with Crippen LogP contribution in [0.5, 0.6) is 17.4 Å². The first kappa shape index (κ1) is 13.1. The Morgan fingerprint density at radius 2 is 1.95 bits per heavy atom. The second kappa shape index (κ2) is 5.56. The van der Waals surface area contributed by atoms with Crippen LogP contribution in [0.2, 0.25) is 0 Å². The Morgan fingerprint density at radius 1 is 1.16 bits per heavy atom. The Hall–Kier alpha value is -2.30. The maximum Gasteiger partial charge on any atom is 0.222 e. The number of nitrogens with two attached hydrogens (primary N) is 1. The summed E-state index contributed by atoms with van der Waals surface area (Å²) in [5, 5.41) is 0. The van der Waals surface area contributed by atoms with Gasteiger partial charge in [0.25, 0.3) is 0 Å². The van der Waals surface area contributed by atoms with Crippen LogP contribution in [0.4, 0.5) is 5.69 Å². The van der Waals surface area contributed by atoms with E-state index in [9.17, 15) is 0 Å². The molecule has 0 saturated heterocycles. The zero-order valence-corrected chi connectivity index (χ0v) is 11.3. The average molecular weight is 259 g/mol. The van der Waals surface area contributed by atoms with Crippen molar-refractivity contribution in [2.24, 2.45) is 0 Å². The second-order valence-corrected chi connectivity index (χ2v) is 4.11. The molecule has 2 rings (SSSR count). The van der Waals surface area contributed by atoms with Gasteiger partial charge in [-0.15, -0.1) is 0 Å². The number of anilines is 1. The van der Waals surface area contributed by atoms with E-state index in [1.54, 1.807) is 25.3 Å². The number of aryl methyl sites for hydroxylation is 2. The van der Waals surface area contributed by atoms with E-state index in [4.69, 9.17) is 15.2 Å². The quantitative estimate of drug-likeness (QED) is 0.855. The van der Waals surface area contributed by atoms with Crippen molar-refractivity contribution in [2.45, 2.75) is 20.3 Å². The zero-order chi connectivity index (χ0) is 13.8. The molecule has 5 heteroatoms. The van der Waals surface area contributed by atoms with Crippen molar-refractivity contribution in [3.63, 3.8) is 0 Å². The average Bonchev–Trinajstić information content (AvgIpc) is 2.38. The second-order valence-electron chi connectivity index (χ2n) is 4.11. The van der Waals surface area contributed by atoms with Gasteiger partial charge >= 0.3 is 0 Å². The van der Waals surface area contributed by atoms with E-state index in [0.717, 1.165) is 12.1 Å². The van der Waals surface area contributed by atoms with E-state index < -0.39 is 0 Å². The third-order valence-electron chi connectivity index (χ3n) is 2.63. The topological polar surface area (TPSA) is 70.3 Å². The number of nitrogen functional groups attached to an aromatic ring is 1. The van der Waals surface area contributed by atoms with Crippen molar-refractivity contribution in [2.75, 3.05) is 12.8 Å². The van der Waals surface area contributed by atoms with Crippen LogP contribution >= 0.6 is 0 Å². The smallest absolute Gasteiger partial charge is 0.222 e. The molecule has 0 amide bonds. The summed E-state index contributed by atoms with van der Waals surface area (Å²) in [6.45, 7) is 3.87. The van der Waals surface area contributed by atoms with Crippen LogP contribution in [-0.4, -0.2) is 17.1 Å². The number of ether oxygens (including phenoxy) is 2. The molecule has 0 fully saturated rings. The van der Waals surface area contributed by atoms with Gasteiger partial charge in [-0.3, -0.25) is 0 Å². The Kier molecular flexibility index (Phi) is 3.85. The van der Waals surface area contributed by atoms with Crippen molar-refractivity contribution in [1.82, 2.24) is 9.97 Å². The van der Waals surface area contributed by atoms with Crippen LogP contribution in [0.25, 0.3) is 0 Å². The first-order chi connectivity index (χ1) is 9.12. The van der Waals surface area contributed by atoms with Crippen LogP contribution in [0.15, 0.2) is 24.3 Å². The molecule has 0 bridgehead atoms. The minimum Gasteiger partial charge on any atom is -0.493 e. The molecule has 0 radical (unpaired) electrons. The number of benzene rings is 1. The van der Waals surface area contributed by atoms with E-state index in [2.05, 4.69) is 9.97 Å². The number of hydrogen-bond acceptors (Lipinski definition) is 5. The third kappa shape index (κ3) is 3.13. The highest BCUT2D eigenvalue weighted by atomic mass is 16.5. The summed E-state index contributed by atoms with van der Waals surface area (Å²) in [6.07, 6.45) is 0.827. The largest absolute Gasteiger partial charge is 0.493 e. The van der Waals surface area contributed by atoms with Gasteiger partial charge in [-0.25, -0.2) is 4.98 Å². The number of hydrogen-bond donors (Lipinski definition) is 1. The fraction of sp³-hybridized carbons (Fsp3) is 0.286. The van der Waals surface area contributed by atoms with E-state index in [-0.39, 0.29) is 0 Å². The molecule has 0 spiro atoms. The minimum absolute atomic E-state index is 0.494. The maximum atomic E-state index is 5.75. The summed E-state index contributed by atoms with van der Waals surface area (Å²) >= 11 is 0. The van der Waals surface area contributed by atoms with Gasteiger partial charge in [0.1, 0.15) is 5.82 Å². The molecule has 2 N–H and O–H groups in total. The van der Waals surface area contributed by atoms with Gasteiger partial charge in [-0.2, -0.15) is 4.98 Å². The molecule has 5 nitrogen and oxygen atoms in total. The maximum absolute atomic E-state index is 5.75. The first-order valence-electron chi connectivity index (χ1n) is 6.08. The number of nitrogens with zero attached hydrogens (tertiary/aromatic N) is 2. The fourth-order valence-corrected chi connectivity index (χ4v) is 1.72. The number of aromatic nitrogens is 2. The predicted octanol–water partition coefficient (Wildman–Crippen LogP) is 2.73. The predicted molar refractivity (Wildman–Crippen MR) is 73.6 cm³/mol. The Balaban J connectivity index is 2.35. The molecule has 0 atom stereocenters. The molecular formula is C14H17N3O2. The van der Waals surface area contributed by atoms with Crippen molar-refractivity contribution in [3.8, 4) is 17.4 Å². The lowest BCUT2D eigenvalue weighted by Crippen LogP contribution is -1.99. The summed E-state index contributed by atoms with van der Waals surface area (Å²) < 4.78 is 11.0. The third-order valence-corrected chi connectivity index (χ3v) is 2.63. The van der Waals surface area contributed by atoms with Crippen LogP contribution in [-0.2, 0) is 6.42 Å². The van der Waals surface area contributed by atoms with Crippen LogP contribution in [0.1, 0.15) is 18.4 Å². The normalized spacial score (nSPS) is 10.3. The van der Waals surface area contributed by atoms with E-state index >= 15 is 0 Å². The lowest BCUT2D eigenvalue weighted by molar-refractivity contribution is 0.373. The Bertz CT molecular complexity index is 585. The summed E-state index contributed by atoms with van der Waals surface area (Å²) in [6, 6.07) is 7.05. The Labute approximate surface area is 112 Å². The van der Waals surface area contributed by atoms with Gasteiger partial charge in [0, 0.05) is 23.5 Å². The number of rotatable bonds is 4. The summed E-state index contributed by atoms with van der Waals surface area (Å²) in [5.74, 6) is 2.33. The molecule has 0 unspecified atom stereocenters. The molecule has 0 saturated carbocycles. The van der Waals surface area contributed by atoms with Crippen LogP contribution in [0.3, 0.4) is 0 Å².